The molecule has 1 atom stereocenters. The highest BCUT2D eigenvalue weighted by atomic mass is 35.5. The molecule has 0 aromatic heterocycles. The van der Waals surface area contributed by atoms with E-state index < -0.39 is 5.97 Å². The Kier molecular flexibility index (Phi) is 6.88. The minimum Gasteiger partial charge on any atom is -0.481 e. The van der Waals surface area contributed by atoms with Gasteiger partial charge in [-0.2, -0.15) is 0 Å². The van der Waals surface area contributed by atoms with Gasteiger partial charge >= 0.3 is 5.97 Å². The van der Waals surface area contributed by atoms with Gasteiger partial charge in [-0.1, -0.05) is 30.3 Å². The first-order valence-electron chi connectivity index (χ1n) is 4.92. The zero-order valence-corrected chi connectivity index (χ0v) is 10.8. The Balaban J connectivity index is 0.00000256. The van der Waals surface area contributed by atoms with Crippen LogP contribution in [0.4, 0.5) is 0 Å². The van der Waals surface area contributed by atoms with Crippen LogP contribution in [0.15, 0.2) is 24.8 Å². The summed E-state index contributed by atoms with van der Waals surface area (Å²) >= 11 is 5.85. The van der Waals surface area contributed by atoms with E-state index in [9.17, 15) is 4.79 Å². The third kappa shape index (κ3) is 4.38. The lowest BCUT2D eigenvalue weighted by Gasteiger charge is -2.15. The number of rotatable bonds is 5. The Morgan fingerprint density at radius 3 is 2.71 bits per heavy atom. The molecule has 1 aromatic carbocycles. The molecule has 1 rings (SSSR count). The first-order valence-corrected chi connectivity index (χ1v) is 5.30. The standard InChI is InChI=1S/C12H14ClNO2.ClH/c1-2-8-5-10(13)3-4-11(8)9(7-14)6-12(15)16;/h2-5,9H,1,6-7,14H2,(H,15,16);1H. The van der Waals surface area contributed by atoms with Gasteiger partial charge in [0.05, 0.1) is 6.42 Å². The lowest BCUT2D eigenvalue weighted by Crippen LogP contribution is -2.17. The SMILES string of the molecule is C=Cc1cc(Cl)ccc1C(CN)CC(=O)O.Cl. The number of benzene rings is 1. The molecule has 17 heavy (non-hydrogen) atoms. The molecule has 0 saturated carbocycles. The lowest BCUT2D eigenvalue weighted by molar-refractivity contribution is -0.137. The van der Waals surface area contributed by atoms with Crippen LogP contribution in [0.5, 0.6) is 0 Å². The summed E-state index contributed by atoms with van der Waals surface area (Å²) in [6, 6.07) is 5.29. The number of carboxylic acid groups (broad SMARTS) is 1. The molecule has 0 aliphatic carbocycles. The maximum atomic E-state index is 10.7. The van der Waals surface area contributed by atoms with Gasteiger partial charge in [-0.15, -0.1) is 12.4 Å². The summed E-state index contributed by atoms with van der Waals surface area (Å²) in [6.45, 7) is 3.97. The normalized spacial score (nSPS) is 11.4. The molecule has 0 aliphatic rings. The van der Waals surface area contributed by atoms with Gasteiger partial charge in [0.25, 0.3) is 0 Å². The Labute approximate surface area is 112 Å². The van der Waals surface area contributed by atoms with Crippen molar-refractivity contribution in [2.24, 2.45) is 5.73 Å². The molecule has 0 aliphatic heterocycles. The third-order valence-electron chi connectivity index (χ3n) is 2.41. The fraction of sp³-hybridized carbons (Fsp3) is 0.250. The van der Waals surface area contributed by atoms with E-state index in [0.29, 0.717) is 5.02 Å². The molecule has 1 aromatic rings. The zero-order valence-electron chi connectivity index (χ0n) is 9.23. The quantitative estimate of drug-likeness (QED) is 0.869. The fourth-order valence-electron chi connectivity index (χ4n) is 1.63. The first-order chi connectivity index (χ1) is 7.58. The molecular formula is C12H15Cl2NO2. The first kappa shape index (κ1) is 16.0. The van der Waals surface area contributed by atoms with Crippen LogP contribution in [-0.4, -0.2) is 17.6 Å². The van der Waals surface area contributed by atoms with E-state index in [-0.39, 0.29) is 31.3 Å². The highest BCUT2D eigenvalue weighted by Gasteiger charge is 2.16. The molecule has 0 amide bonds. The Bertz CT molecular complexity index is 407. The van der Waals surface area contributed by atoms with Crippen LogP contribution in [0, 0.1) is 0 Å². The molecular weight excluding hydrogens is 261 g/mol. The van der Waals surface area contributed by atoms with E-state index >= 15 is 0 Å². The number of nitrogens with two attached hydrogens (primary N) is 1. The van der Waals surface area contributed by atoms with E-state index in [1.54, 1.807) is 24.3 Å². The van der Waals surface area contributed by atoms with Gasteiger partial charge in [-0.25, -0.2) is 0 Å². The van der Waals surface area contributed by atoms with Crippen molar-refractivity contribution in [2.45, 2.75) is 12.3 Å². The summed E-state index contributed by atoms with van der Waals surface area (Å²) in [5.41, 5.74) is 7.30. The van der Waals surface area contributed by atoms with Crippen LogP contribution in [-0.2, 0) is 4.79 Å². The Hall–Kier alpha value is -1.03. The van der Waals surface area contributed by atoms with Crippen molar-refractivity contribution in [2.75, 3.05) is 6.54 Å². The molecule has 0 bridgehead atoms. The molecule has 3 N–H and O–H groups in total. The van der Waals surface area contributed by atoms with Crippen molar-refractivity contribution in [1.82, 2.24) is 0 Å². The number of hydrogen-bond acceptors (Lipinski definition) is 2. The van der Waals surface area contributed by atoms with Crippen LogP contribution in [0.3, 0.4) is 0 Å². The molecule has 94 valence electrons. The van der Waals surface area contributed by atoms with E-state index in [1.807, 2.05) is 0 Å². The van der Waals surface area contributed by atoms with Gasteiger partial charge in [0, 0.05) is 10.9 Å². The van der Waals surface area contributed by atoms with Crippen molar-refractivity contribution in [3.63, 3.8) is 0 Å². The van der Waals surface area contributed by atoms with Gasteiger partial charge in [0.1, 0.15) is 0 Å². The number of aliphatic carboxylic acids is 1. The smallest absolute Gasteiger partial charge is 0.304 e. The minimum absolute atomic E-state index is 0. The average Bonchev–Trinajstić information content (AvgIpc) is 2.25. The van der Waals surface area contributed by atoms with Crippen molar-refractivity contribution in [3.8, 4) is 0 Å². The highest BCUT2D eigenvalue weighted by Crippen LogP contribution is 2.26. The van der Waals surface area contributed by atoms with E-state index in [1.165, 1.54) is 0 Å². The molecule has 1 unspecified atom stereocenters. The van der Waals surface area contributed by atoms with Crippen molar-refractivity contribution in [3.05, 3.63) is 40.9 Å². The monoisotopic (exact) mass is 275 g/mol. The van der Waals surface area contributed by atoms with Gasteiger partial charge in [0.2, 0.25) is 0 Å². The molecule has 0 fully saturated rings. The predicted molar refractivity (Wildman–Crippen MR) is 72.8 cm³/mol. The number of halogens is 2. The van der Waals surface area contributed by atoms with Gasteiger partial charge in [-0.3, -0.25) is 4.79 Å². The third-order valence-corrected chi connectivity index (χ3v) is 2.65. The summed E-state index contributed by atoms with van der Waals surface area (Å²) < 4.78 is 0. The highest BCUT2D eigenvalue weighted by molar-refractivity contribution is 6.30. The maximum absolute atomic E-state index is 10.7. The topological polar surface area (TPSA) is 63.3 Å². The molecule has 0 radical (unpaired) electrons. The van der Waals surface area contributed by atoms with Crippen LogP contribution < -0.4 is 5.73 Å². The van der Waals surface area contributed by atoms with E-state index in [2.05, 4.69) is 6.58 Å². The second kappa shape index (κ2) is 7.33. The summed E-state index contributed by atoms with van der Waals surface area (Å²) in [7, 11) is 0. The Morgan fingerprint density at radius 2 is 2.24 bits per heavy atom. The van der Waals surface area contributed by atoms with E-state index in [4.69, 9.17) is 22.4 Å². The summed E-state index contributed by atoms with van der Waals surface area (Å²) in [5, 5.41) is 9.39. The second-order valence-electron chi connectivity index (χ2n) is 3.51. The Morgan fingerprint density at radius 1 is 1.59 bits per heavy atom. The molecule has 0 saturated heterocycles. The van der Waals surface area contributed by atoms with Crippen molar-refractivity contribution < 1.29 is 9.90 Å². The van der Waals surface area contributed by atoms with Crippen LogP contribution >= 0.6 is 24.0 Å². The number of hydrogen-bond donors (Lipinski definition) is 2. The zero-order chi connectivity index (χ0) is 12.1. The summed E-state index contributed by atoms with van der Waals surface area (Å²) in [6.07, 6.45) is 1.67. The van der Waals surface area contributed by atoms with Gasteiger partial charge in [-0.05, 0) is 29.8 Å². The number of carboxylic acids is 1. The maximum Gasteiger partial charge on any atom is 0.304 e. The van der Waals surface area contributed by atoms with Crippen molar-refractivity contribution >= 4 is 36.1 Å². The number of carbonyl (C=O) groups is 1. The molecule has 3 nitrogen and oxygen atoms in total. The molecule has 0 heterocycles. The van der Waals surface area contributed by atoms with Gasteiger partial charge in [0.15, 0.2) is 0 Å². The predicted octanol–water partition coefficient (Wildman–Crippen LogP) is 2.92. The second-order valence-corrected chi connectivity index (χ2v) is 3.94. The van der Waals surface area contributed by atoms with Crippen LogP contribution in [0.1, 0.15) is 23.5 Å². The molecule has 5 heteroatoms. The molecule has 0 spiro atoms. The van der Waals surface area contributed by atoms with Crippen LogP contribution in [0.25, 0.3) is 6.08 Å². The fourth-order valence-corrected chi connectivity index (χ4v) is 1.81. The summed E-state index contributed by atoms with van der Waals surface area (Å²) in [4.78, 5) is 10.7. The average molecular weight is 276 g/mol. The van der Waals surface area contributed by atoms with E-state index in [0.717, 1.165) is 11.1 Å². The van der Waals surface area contributed by atoms with Crippen LogP contribution in [0.2, 0.25) is 5.02 Å². The van der Waals surface area contributed by atoms with Crippen molar-refractivity contribution in [1.29, 1.82) is 0 Å². The largest absolute Gasteiger partial charge is 0.481 e. The minimum atomic E-state index is -0.861. The lowest BCUT2D eigenvalue weighted by atomic mass is 9.91. The van der Waals surface area contributed by atoms with Gasteiger partial charge < -0.3 is 10.8 Å². The summed E-state index contributed by atoms with van der Waals surface area (Å²) in [5.74, 6) is -1.07.